The van der Waals surface area contributed by atoms with Crippen LogP contribution in [0.5, 0.6) is 0 Å². The summed E-state index contributed by atoms with van der Waals surface area (Å²) >= 11 is 11.6. The quantitative estimate of drug-likeness (QED) is 0.636. The lowest BCUT2D eigenvalue weighted by atomic mass is 10.2. The molecule has 0 saturated carbocycles. The molecule has 108 valence electrons. The van der Waals surface area contributed by atoms with Crippen LogP contribution in [-0.2, 0) is 10.5 Å². The molecule has 0 amide bonds. The van der Waals surface area contributed by atoms with E-state index in [1.54, 1.807) is 22.7 Å². The van der Waals surface area contributed by atoms with E-state index in [1.165, 1.54) is 4.88 Å². The average molecular weight is 355 g/mol. The van der Waals surface area contributed by atoms with E-state index < -0.39 is 0 Å². The molecule has 0 bridgehead atoms. The van der Waals surface area contributed by atoms with Gasteiger partial charge >= 0.3 is 0 Å². The molecule has 21 heavy (non-hydrogen) atoms. The zero-order valence-electron chi connectivity index (χ0n) is 10.9. The van der Waals surface area contributed by atoms with Gasteiger partial charge in [0.25, 0.3) is 0 Å². The predicted octanol–water partition coefficient (Wildman–Crippen LogP) is 4.71. The van der Waals surface area contributed by atoms with Crippen LogP contribution in [0.25, 0.3) is 20.7 Å². The first-order valence-electron chi connectivity index (χ1n) is 6.48. The van der Waals surface area contributed by atoms with E-state index in [0.717, 1.165) is 40.6 Å². The summed E-state index contributed by atoms with van der Waals surface area (Å²) in [5.41, 5.74) is 1.14. The monoisotopic (exact) mass is 354 g/mol. The van der Waals surface area contributed by atoms with Crippen molar-refractivity contribution in [2.45, 2.75) is 11.0 Å². The highest BCUT2D eigenvalue weighted by Gasteiger charge is 2.20. The summed E-state index contributed by atoms with van der Waals surface area (Å²) in [6, 6.07) is 4.15. The van der Waals surface area contributed by atoms with Gasteiger partial charge < -0.3 is 4.74 Å². The Hall–Kier alpha value is -0.660. The molecule has 4 heterocycles. The first-order chi connectivity index (χ1) is 10.3. The molecule has 3 aromatic rings. The minimum Gasteiger partial charge on any atom is -0.379 e. The Morgan fingerprint density at radius 3 is 2.95 bits per heavy atom. The van der Waals surface area contributed by atoms with Crippen LogP contribution in [0.4, 0.5) is 0 Å². The van der Waals surface area contributed by atoms with E-state index in [2.05, 4.69) is 26.8 Å². The molecule has 3 aromatic heterocycles. The lowest BCUT2D eigenvalue weighted by molar-refractivity contribution is 0.0455. The van der Waals surface area contributed by atoms with Crippen molar-refractivity contribution in [3.8, 4) is 10.4 Å². The van der Waals surface area contributed by atoms with Gasteiger partial charge in [0.2, 0.25) is 0 Å². The third kappa shape index (κ3) is 2.71. The van der Waals surface area contributed by atoms with Crippen LogP contribution < -0.4 is 0 Å². The fourth-order valence-corrected chi connectivity index (χ4v) is 5.15. The van der Waals surface area contributed by atoms with Crippen molar-refractivity contribution >= 4 is 56.3 Å². The Kier molecular flexibility index (Phi) is 3.89. The van der Waals surface area contributed by atoms with Gasteiger partial charge in [-0.3, -0.25) is 0 Å². The second kappa shape index (κ2) is 5.85. The summed E-state index contributed by atoms with van der Waals surface area (Å²) in [4.78, 5) is 11.3. The standard InChI is InChI=1S/C14H11ClN2OS3/c15-13-12-9(10-2-1-3-19-10)6-21-14(12)17-11(16-13)7-20-8-4-18-5-8/h1-3,6,8H,4-5,7H2. The molecule has 0 atom stereocenters. The Morgan fingerprint density at radius 2 is 2.24 bits per heavy atom. The Morgan fingerprint density at radius 1 is 1.33 bits per heavy atom. The maximum Gasteiger partial charge on any atom is 0.142 e. The molecule has 1 aliphatic heterocycles. The highest BCUT2D eigenvalue weighted by Crippen LogP contribution is 2.38. The summed E-state index contributed by atoms with van der Waals surface area (Å²) in [6.07, 6.45) is 0. The minimum absolute atomic E-state index is 0.560. The highest BCUT2D eigenvalue weighted by atomic mass is 35.5. The molecule has 0 unspecified atom stereocenters. The van der Waals surface area contributed by atoms with Gasteiger partial charge in [-0.15, -0.1) is 34.4 Å². The van der Waals surface area contributed by atoms with Gasteiger partial charge in [-0.05, 0) is 11.4 Å². The number of nitrogens with zero attached hydrogens (tertiary/aromatic N) is 2. The highest BCUT2D eigenvalue weighted by molar-refractivity contribution is 7.99. The van der Waals surface area contributed by atoms with Gasteiger partial charge in [-0.25, -0.2) is 9.97 Å². The number of hydrogen-bond donors (Lipinski definition) is 0. The second-order valence-electron chi connectivity index (χ2n) is 4.71. The van der Waals surface area contributed by atoms with Crippen LogP contribution in [0.1, 0.15) is 5.82 Å². The van der Waals surface area contributed by atoms with Crippen molar-refractivity contribution in [2.24, 2.45) is 0 Å². The Bertz CT molecular complexity index is 768. The van der Waals surface area contributed by atoms with E-state index in [1.807, 2.05) is 17.8 Å². The minimum atomic E-state index is 0.560. The topological polar surface area (TPSA) is 35.0 Å². The molecular formula is C14H11ClN2OS3. The number of fused-ring (bicyclic) bond motifs is 1. The third-order valence-electron chi connectivity index (χ3n) is 3.28. The van der Waals surface area contributed by atoms with E-state index in [0.29, 0.717) is 10.4 Å². The zero-order chi connectivity index (χ0) is 14.2. The van der Waals surface area contributed by atoms with Crippen LogP contribution in [0.3, 0.4) is 0 Å². The molecule has 1 aliphatic rings. The molecule has 1 fully saturated rings. The molecule has 0 N–H and O–H groups in total. The number of halogens is 1. The van der Waals surface area contributed by atoms with Crippen molar-refractivity contribution in [3.63, 3.8) is 0 Å². The number of aromatic nitrogens is 2. The average Bonchev–Trinajstić information content (AvgIpc) is 3.04. The Balaban J connectivity index is 1.67. The largest absolute Gasteiger partial charge is 0.379 e. The van der Waals surface area contributed by atoms with Crippen LogP contribution in [-0.4, -0.2) is 28.4 Å². The maximum absolute atomic E-state index is 6.42. The van der Waals surface area contributed by atoms with Crippen LogP contribution in [0.15, 0.2) is 22.9 Å². The van der Waals surface area contributed by atoms with Gasteiger partial charge in [0.05, 0.1) is 29.6 Å². The smallest absolute Gasteiger partial charge is 0.142 e. The van der Waals surface area contributed by atoms with Gasteiger partial charge in [0, 0.05) is 15.8 Å². The van der Waals surface area contributed by atoms with E-state index in [4.69, 9.17) is 16.3 Å². The van der Waals surface area contributed by atoms with Crippen molar-refractivity contribution in [2.75, 3.05) is 13.2 Å². The summed E-state index contributed by atoms with van der Waals surface area (Å²) in [6.45, 7) is 1.67. The molecule has 0 radical (unpaired) electrons. The first kappa shape index (κ1) is 14.0. The summed E-state index contributed by atoms with van der Waals surface area (Å²) in [5, 5.41) is 6.30. The lowest BCUT2D eigenvalue weighted by Gasteiger charge is -2.24. The maximum atomic E-state index is 6.42. The predicted molar refractivity (Wildman–Crippen MR) is 91.6 cm³/mol. The number of thiophene rings is 2. The normalized spacial score (nSPS) is 15.5. The SMILES string of the molecule is Clc1nc(CSC2COC2)nc2scc(-c3cccs3)c12. The van der Waals surface area contributed by atoms with Crippen LogP contribution in [0, 0.1) is 0 Å². The van der Waals surface area contributed by atoms with Gasteiger partial charge in [-0.2, -0.15) is 0 Å². The number of rotatable bonds is 4. The molecule has 0 spiro atoms. The summed E-state index contributed by atoms with van der Waals surface area (Å²) in [7, 11) is 0. The van der Waals surface area contributed by atoms with Crippen molar-refractivity contribution in [1.82, 2.24) is 9.97 Å². The molecule has 1 saturated heterocycles. The summed E-state index contributed by atoms with van der Waals surface area (Å²) < 4.78 is 5.18. The molecule has 4 rings (SSSR count). The number of thioether (sulfide) groups is 1. The molecule has 3 nitrogen and oxygen atoms in total. The van der Waals surface area contributed by atoms with Gasteiger partial charge in [-0.1, -0.05) is 17.7 Å². The fraction of sp³-hybridized carbons (Fsp3) is 0.286. The van der Waals surface area contributed by atoms with Crippen LogP contribution in [0.2, 0.25) is 5.15 Å². The third-order valence-corrected chi connectivity index (χ3v) is 6.50. The summed E-state index contributed by atoms with van der Waals surface area (Å²) in [5.74, 6) is 1.60. The van der Waals surface area contributed by atoms with Crippen molar-refractivity contribution < 1.29 is 4.74 Å². The fourth-order valence-electron chi connectivity index (χ4n) is 2.12. The molecular weight excluding hydrogens is 344 g/mol. The van der Waals surface area contributed by atoms with Crippen LogP contribution >= 0.6 is 46.0 Å². The van der Waals surface area contributed by atoms with Crippen molar-refractivity contribution in [3.05, 3.63) is 33.9 Å². The molecule has 7 heteroatoms. The lowest BCUT2D eigenvalue weighted by Crippen LogP contribution is -2.30. The van der Waals surface area contributed by atoms with Gasteiger partial charge in [0.1, 0.15) is 15.8 Å². The van der Waals surface area contributed by atoms with E-state index in [9.17, 15) is 0 Å². The van der Waals surface area contributed by atoms with E-state index in [-0.39, 0.29) is 0 Å². The number of ether oxygens (including phenoxy) is 1. The zero-order valence-corrected chi connectivity index (χ0v) is 14.1. The Labute approximate surface area is 139 Å². The van der Waals surface area contributed by atoms with Crippen molar-refractivity contribution in [1.29, 1.82) is 0 Å². The molecule has 0 aromatic carbocycles. The molecule has 0 aliphatic carbocycles. The second-order valence-corrected chi connectivity index (χ2v) is 8.16. The first-order valence-corrected chi connectivity index (χ1v) is 9.66. The number of hydrogen-bond acceptors (Lipinski definition) is 6. The van der Waals surface area contributed by atoms with Gasteiger partial charge in [0.15, 0.2) is 0 Å². The van der Waals surface area contributed by atoms with E-state index >= 15 is 0 Å².